The minimum atomic E-state index is -0.00887. The highest BCUT2D eigenvalue weighted by Crippen LogP contribution is 2.57. The van der Waals surface area contributed by atoms with Gasteiger partial charge in [0.15, 0.2) is 0 Å². The summed E-state index contributed by atoms with van der Waals surface area (Å²) in [6.07, 6.45) is 2.46. The molecule has 0 aromatic rings. The quantitative estimate of drug-likeness (QED) is 0.463. The van der Waals surface area contributed by atoms with Crippen molar-refractivity contribution in [3.63, 3.8) is 0 Å². The van der Waals surface area contributed by atoms with E-state index < -0.39 is 0 Å². The summed E-state index contributed by atoms with van der Waals surface area (Å²) in [4.78, 5) is 0. The Kier molecular flexibility index (Phi) is 2.42. The van der Waals surface area contributed by atoms with E-state index in [0.717, 1.165) is 6.54 Å². The van der Waals surface area contributed by atoms with Crippen molar-refractivity contribution in [2.24, 2.45) is 0 Å². The van der Waals surface area contributed by atoms with Gasteiger partial charge in [-0.05, 0) is 30.1 Å². The van der Waals surface area contributed by atoms with Crippen LogP contribution in [0.3, 0.4) is 0 Å². The molecule has 0 atom stereocenters. The maximum Gasteiger partial charge on any atom is 0.00274 e. The van der Waals surface area contributed by atoms with Crippen LogP contribution in [0.25, 0.3) is 0 Å². The highest BCUT2D eigenvalue weighted by atomic mass is 32.3. The molecule has 1 fully saturated rings. The second-order valence-electron chi connectivity index (χ2n) is 2.94. The second-order valence-corrected chi connectivity index (χ2v) is 7.13. The van der Waals surface area contributed by atoms with Crippen LogP contribution in [0, 0.1) is 0 Å². The molecular formula is C7H17NS. The van der Waals surface area contributed by atoms with Gasteiger partial charge >= 0.3 is 0 Å². The molecule has 56 valence electrons. The molecule has 1 N–H and O–H groups in total. The Hall–Kier alpha value is 0.310. The Balaban J connectivity index is 1.92. The molecule has 0 amide bonds. The molecule has 0 aromatic carbocycles. The van der Waals surface area contributed by atoms with Gasteiger partial charge in [0.05, 0.1) is 0 Å². The fourth-order valence-electron chi connectivity index (χ4n) is 0.842. The third-order valence-electron chi connectivity index (χ3n) is 1.92. The summed E-state index contributed by atoms with van der Waals surface area (Å²) >= 11 is 0. The zero-order valence-electron chi connectivity index (χ0n) is 6.44. The number of rotatable bonds is 4. The lowest BCUT2D eigenvalue weighted by Gasteiger charge is -2.12. The first kappa shape index (κ1) is 7.42. The standard InChI is InChI=1S/C7H17NS/c1-3-8-4-5-9(2)6-7-9/h8H,3-7H2,1-2H3. The van der Waals surface area contributed by atoms with E-state index in [1.54, 1.807) is 11.5 Å². The van der Waals surface area contributed by atoms with Gasteiger partial charge < -0.3 is 5.32 Å². The van der Waals surface area contributed by atoms with Crippen LogP contribution in [-0.4, -0.2) is 36.6 Å². The molecule has 1 heterocycles. The van der Waals surface area contributed by atoms with Crippen molar-refractivity contribution in [3.8, 4) is 0 Å². The highest BCUT2D eigenvalue weighted by molar-refractivity contribution is 8.38. The minimum Gasteiger partial charge on any atom is -0.316 e. The Labute approximate surface area is 59.5 Å². The van der Waals surface area contributed by atoms with Crippen LogP contribution in [-0.2, 0) is 0 Å². The summed E-state index contributed by atoms with van der Waals surface area (Å²) in [5.74, 6) is 4.54. The molecule has 2 heteroatoms. The summed E-state index contributed by atoms with van der Waals surface area (Å²) in [7, 11) is -0.00887. The van der Waals surface area contributed by atoms with Crippen molar-refractivity contribution < 1.29 is 0 Å². The van der Waals surface area contributed by atoms with E-state index in [4.69, 9.17) is 0 Å². The fraction of sp³-hybridized carbons (Fsp3) is 1.00. The van der Waals surface area contributed by atoms with Crippen molar-refractivity contribution >= 4 is 10.0 Å². The van der Waals surface area contributed by atoms with Gasteiger partial charge in [0.1, 0.15) is 0 Å². The molecule has 1 nitrogen and oxygen atoms in total. The van der Waals surface area contributed by atoms with Crippen molar-refractivity contribution in [1.82, 2.24) is 5.32 Å². The van der Waals surface area contributed by atoms with Crippen molar-refractivity contribution in [3.05, 3.63) is 0 Å². The van der Waals surface area contributed by atoms with Crippen molar-refractivity contribution in [1.29, 1.82) is 0 Å². The topological polar surface area (TPSA) is 12.0 Å². The molecular weight excluding hydrogens is 130 g/mol. The minimum absolute atomic E-state index is 0.00887. The molecule has 0 spiro atoms. The molecule has 9 heavy (non-hydrogen) atoms. The van der Waals surface area contributed by atoms with E-state index in [9.17, 15) is 0 Å². The van der Waals surface area contributed by atoms with Crippen LogP contribution < -0.4 is 5.32 Å². The zero-order valence-corrected chi connectivity index (χ0v) is 7.26. The first-order valence-electron chi connectivity index (χ1n) is 3.69. The van der Waals surface area contributed by atoms with Crippen LogP contribution in [0.2, 0.25) is 0 Å². The van der Waals surface area contributed by atoms with E-state index in [0.29, 0.717) is 0 Å². The molecule has 0 saturated carbocycles. The summed E-state index contributed by atoms with van der Waals surface area (Å²) in [5, 5.41) is 3.37. The fourth-order valence-corrected chi connectivity index (χ4v) is 3.03. The summed E-state index contributed by atoms with van der Waals surface area (Å²) in [5.41, 5.74) is 0. The molecule has 0 aliphatic carbocycles. The van der Waals surface area contributed by atoms with Gasteiger partial charge in [-0.3, -0.25) is 0 Å². The van der Waals surface area contributed by atoms with E-state index in [1.807, 2.05) is 0 Å². The summed E-state index contributed by atoms with van der Waals surface area (Å²) in [6, 6.07) is 0. The van der Waals surface area contributed by atoms with E-state index in [-0.39, 0.29) is 10.0 Å². The smallest absolute Gasteiger partial charge is 0.00274 e. The van der Waals surface area contributed by atoms with Crippen LogP contribution in [0.4, 0.5) is 0 Å². The summed E-state index contributed by atoms with van der Waals surface area (Å²) < 4.78 is 0. The van der Waals surface area contributed by atoms with E-state index in [1.165, 1.54) is 12.3 Å². The van der Waals surface area contributed by atoms with E-state index in [2.05, 4.69) is 18.5 Å². The van der Waals surface area contributed by atoms with Crippen LogP contribution in [0.15, 0.2) is 0 Å². The average Bonchev–Trinajstić information content (AvgIpc) is 2.50. The predicted octanol–water partition coefficient (Wildman–Crippen LogP) is 1.04. The van der Waals surface area contributed by atoms with Gasteiger partial charge in [0, 0.05) is 6.54 Å². The first-order valence-corrected chi connectivity index (χ1v) is 6.24. The lowest BCUT2D eigenvalue weighted by Crippen LogP contribution is -2.17. The number of hydrogen-bond acceptors (Lipinski definition) is 1. The maximum absolute atomic E-state index is 3.37. The van der Waals surface area contributed by atoms with Crippen LogP contribution in [0.1, 0.15) is 6.92 Å². The largest absolute Gasteiger partial charge is 0.316 e. The van der Waals surface area contributed by atoms with Gasteiger partial charge in [-0.15, -0.1) is 0 Å². The molecule has 1 rings (SSSR count). The highest BCUT2D eigenvalue weighted by Gasteiger charge is 2.29. The molecule has 1 aliphatic heterocycles. The first-order chi connectivity index (χ1) is 4.27. The Morgan fingerprint density at radius 1 is 1.44 bits per heavy atom. The van der Waals surface area contributed by atoms with Gasteiger partial charge in [0.25, 0.3) is 0 Å². The summed E-state index contributed by atoms with van der Waals surface area (Å²) in [6.45, 7) is 4.56. The lowest BCUT2D eigenvalue weighted by molar-refractivity contribution is 0.767. The van der Waals surface area contributed by atoms with Gasteiger partial charge in [-0.25, -0.2) is 10.0 Å². The molecule has 0 radical (unpaired) electrons. The van der Waals surface area contributed by atoms with Gasteiger partial charge in [-0.2, -0.15) is 0 Å². The van der Waals surface area contributed by atoms with Crippen molar-refractivity contribution in [2.45, 2.75) is 6.92 Å². The zero-order chi connectivity index (χ0) is 6.74. The third-order valence-corrected chi connectivity index (χ3v) is 4.91. The molecule has 0 aromatic heterocycles. The van der Waals surface area contributed by atoms with Gasteiger partial charge in [0.2, 0.25) is 0 Å². The van der Waals surface area contributed by atoms with Gasteiger partial charge in [-0.1, -0.05) is 6.92 Å². The molecule has 1 saturated heterocycles. The Morgan fingerprint density at radius 3 is 2.56 bits per heavy atom. The monoisotopic (exact) mass is 147 g/mol. The Morgan fingerprint density at radius 2 is 2.11 bits per heavy atom. The predicted molar refractivity (Wildman–Crippen MR) is 46.7 cm³/mol. The SMILES string of the molecule is CCNCCS1(C)CC1. The average molecular weight is 147 g/mol. The Bertz CT molecular complexity index is 88.9. The lowest BCUT2D eigenvalue weighted by atomic mass is 10.7. The third kappa shape index (κ3) is 2.59. The van der Waals surface area contributed by atoms with Crippen molar-refractivity contribution in [2.75, 3.05) is 36.6 Å². The molecule has 1 aliphatic rings. The van der Waals surface area contributed by atoms with E-state index >= 15 is 0 Å². The second kappa shape index (κ2) is 2.93. The number of nitrogens with one attached hydrogen (secondary N) is 1. The number of hydrogen-bond donors (Lipinski definition) is 1. The van der Waals surface area contributed by atoms with Crippen LogP contribution in [0.5, 0.6) is 0 Å². The normalized spacial score (nSPS) is 25.6. The maximum atomic E-state index is 3.37. The molecule has 0 unspecified atom stereocenters. The van der Waals surface area contributed by atoms with Crippen LogP contribution >= 0.6 is 10.0 Å². The molecule has 0 bridgehead atoms.